The minimum atomic E-state index is -0.659. The molecule has 0 saturated heterocycles. The van der Waals surface area contributed by atoms with Crippen LogP contribution in [-0.4, -0.2) is 43.3 Å². The number of phenolic OH excluding ortho intramolecular Hbond substituents is 1. The lowest BCUT2D eigenvalue weighted by molar-refractivity contribution is -0.122. The summed E-state index contributed by atoms with van der Waals surface area (Å²) in [6.45, 7) is 6.13. The van der Waals surface area contributed by atoms with Gasteiger partial charge in [-0.2, -0.15) is 0 Å². The molecule has 116 valence electrons. The molecule has 1 amide bonds. The number of hydrogen-bond acceptors (Lipinski definition) is 5. The summed E-state index contributed by atoms with van der Waals surface area (Å²) in [7, 11) is 0. The Labute approximate surface area is 124 Å². The molecule has 1 aromatic carbocycles. The third-order valence-corrected chi connectivity index (χ3v) is 2.84. The Bertz CT molecular complexity index is 501. The van der Waals surface area contributed by atoms with E-state index in [1.165, 1.54) is 11.0 Å². The third kappa shape index (κ3) is 4.19. The van der Waals surface area contributed by atoms with Gasteiger partial charge in [0.25, 0.3) is 5.91 Å². The highest BCUT2D eigenvalue weighted by Gasteiger charge is 2.24. The second-order valence-corrected chi connectivity index (χ2v) is 4.17. The zero-order chi connectivity index (χ0) is 15.8. The maximum absolute atomic E-state index is 12.1. The first-order chi connectivity index (χ1) is 10.1. The summed E-state index contributed by atoms with van der Waals surface area (Å²) in [5.41, 5.74) is 0.312. The van der Waals surface area contributed by atoms with Crippen LogP contribution in [0.25, 0.3) is 0 Å². The van der Waals surface area contributed by atoms with Gasteiger partial charge >= 0.3 is 5.97 Å². The summed E-state index contributed by atoms with van der Waals surface area (Å²) in [6, 6.07) is 4.56. The number of rotatable bonds is 7. The molecule has 0 aliphatic carbocycles. The molecule has 6 nitrogen and oxygen atoms in total. The average molecular weight is 295 g/mol. The number of carbonyl (C=O) groups excluding carboxylic acids is 2. The Balaban J connectivity index is 3.17. The number of hydrogen-bond donors (Lipinski definition) is 1. The lowest BCUT2D eigenvalue weighted by Crippen LogP contribution is -2.35. The molecule has 0 spiro atoms. The quantitative estimate of drug-likeness (QED) is 0.778. The van der Waals surface area contributed by atoms with Crippen molar-refractivity contribution in [1.82, 2.24) is 0 Å². The van der Waals surface area contributed by atoms with Crippen molar-refractivity contribution in [2.75, 3.05) is 31.3 Å². The number of benzene rings is 1. The van der Waals surface area contributed by atoms with Crippen LogP contribution in [0.1, 0.15) is 31.1 Å². The maximum atomic E-state index is 12.1. The van der Waals surface area contributed by atoms with Crippen LogP contribution in [-0.2, 0) is 14.3 Å². The topological polar surface area (TPSA) is 76.1 Å². The molecule has 6 heteroatoms. The molecule has 1 N–H and O–H groups in total. The van der Waals surface area contributed by atoms with E-state index in [0.717, 1.165) is 0 Å². The molecule has 1 aromatic rings. The number of nitrogens with zero attached hydrogens (tertiary/aromatic N) is 1. The molecule has 0 saturated carbocycles. The van der Waals surface area contributed by atoms with Gasteiger partial charge in [-0.05, 0) is 32.9 Å². The van der Waals surface area contributed by atoms with Gasteiger partial charge < -0.3 is 19.5 Å². The Kier molecular flexibility index (Phi) is 6.68. The minimum Gasteiger partial charge on any atom is -0.507 e. The van der Waals surface area contributed by atoms with Gasteiger partial charge in [0, 0.05) is 13.2 Å². The van der Waals surface area contributed by atoms with Gasteiger partial charge in [-0.3, -0.25) is 4.79 Å². The summed E-state index contributed by atoms with van der Waals surface area (Å²) in [4.78, 5) is 25.5. The predicted octanol–water partition coefficient (Wildman–Crippen LogP) is 1.96. The third-order valence-electron chi connectivity index (χ3n) is 2.84. The number of carbonyl (C=O) groups is 2. The Morgan fingerprint density at radius 1 is 1.19 bits per heavy atom. The molecule has 0 fully saturated rings. The SMILES string of the molecule is CCOCC(=O)N(CC)c1cccc(O)c1C(=O)OCC. The highest BCUT2D eigenvalue weighted by Crippen LogP contribution is 2.29. The van der Waals surface area contributed by atoms with Crippen LogP contribution in [0.2, 0.25) is 0 Å². The second kappa shape index (κ2) is 8.26. The minimum absolute atomic E-state index is 0.00829. The molecule has 0 heterocycles. The molecule has 1 rings (SSSR count). The van der Waals surface area contributed by atoms with Crippen molar-refractivity contribution in [3.05, 3.63) is 23.8 Å². The summed E-state index contributed by atoms with van der Waals surface area (Å²) in [5, 5.41) is 9.92. The second-order valence-electron chi connectivity index (χ2n) is 4.17. The molecule has 0 aliphatic heterocycles. The largest absolute Gasteiger partial charge is 0.507 e. The van der Waals surface area contributed by atoms with E-state index in [2.05, 4.69) is 0 Å². The zero-order valence-electron chi connectivity index (χ0n) is 12.6. The van der Waals surface area contributed by atoms with Crippen LogP contribution in [0.4, 0.5) is 5.69 Å². The van der Waals surface area contributed by atoms with Crippen molar-refractivity contribution in [2.45, 2.75) is 20.8 Å². The van der Waals surface area contributed by atoms with Crippen molar-refractivity contribution in [1.29, 1.82) is 0 Å². The fourth-order valence-corrected chi connectivity index (χ4v) is 1.91. The van der Waals surface area contributed by atoms with Crippen LogP contribution < -0.4 is 4.90 Å². The van der Waals surface area contributed by atoms with Crippen molar-refractivity contribution in [2.24, 2.45) is 0 Å². The van der Waals surface area contributed by atoms with Gasteiger partial charge in [0.15, 0.2) is 0 Å². The molecule has 0 atom stereocenters. The average Bonchev–Trinajstić information content (AvgIpc) is 2.46. The number of amides is 1. The van der Waals surface area contributed by atoms with Gasteiger partial charge in [0.05, 0.1) is 12.3 Å². The lowest BCUT2D eigenvalue weighted by Gasteiger charge is -2.23. The maximum Gasteiger partial charge on any atom is 0.344 e. The van der Waals surface area contributed by atoms with Crippen molar-refractivity contribution >= 4 is 17.6 Å². The van der Waals surface area contributed by atoms with Crippen molar-refractivity contribution < 1.29 is 24.2 Å². The predicted molar refractivity (Wildman–Crippen MR) is 78.6 cm³/mol. The summed E-state index contributed by atoms with van der Waals surface area (Å²) < 4.78 is 10.0. The Hall–Kier alpha value is -2.08. The number of esters is 1. The summed E-state index contributed by atoms with van der Waals surface area (Å²) in [5.74, 6) is -1.16. The van der Waals surface area contributed by atoms with Crippen LogP contribution in [0.5, 0.6) is 5.75 Å². The van der Waals surface area contributed by atoms with Crippen LogP contribution >= 0.6 is 0 Å². The fourth-order valence-electron chi connectivity index (χ4n) is 1.91. The number of anilines is 1. The van der Waals surface area contributed by atoms with Gasteiger partial charge in [-0.1, -0.05) is 6.07 Å². The summed E-state index contributed by atoms with van der Waals surface area (Å²) >= 11 is 0. The van der Waals surface area contributed by atoms with E-state index in [1.54, 1.807) is 32.9 Å². The van der Waals surface area contributed by atoms with Crippen LogP contribution in [0.3, 0.4) is 0 Å². The van der Waals surface area contributed by atoms with Crippen molar-refractivity contribution in [3.8, 4) is 5.75 Å². The molecular weight excluding hydrogens is 274 g/mol. The van der Waals surface area contributed by atoms with Crippen LogP contribution in [0.15, 0.2) is 18.2 Å². The van der Waals surface area contributed by atoms with E-state index < -0.39 is 5.97 Å². The fraction of sp³-hybridized carbons (Fsp3) is 0.467. The normalized spacial score (nSPS) is 10.2. The zero-order valence-corrected chi connectivity index (χ0v) is 12.6. The van der Waals surface area contributed by atoms with Gasteiger partial charge in [0.2, 0.25) is 0 Å². The number of aromatic hydroxyl groups is 1. The first kappa shape index (κ1) is 17.0. The Morgan fingerprint density at radius 3 is 2.48 bits per heavy atom. The first-order valence-corrected chi connectivity index (χ1v) is 6.93. The highest BCUT2D eigenvalue weighted by atomic mass is 16.5. The molecule has 0 aliphatic rings. The van der Waals surface area contributed by atoms with Crippen LogP contribution in [0, 0.1) is 0 Å². The molecule has 0 radical (unpaired) electrons. The molecular formula is C15H21NO5. The number of ether oxygens (including phenoxy) is 2. The number of likely N-dealkylation sites (N-methyl/N-ethyl adjacent to an activating group) is 1. The van der Waals surface area contributed by atoms with E-state index in [4.69, 9.17) is 9.47 Å². The smallest absolute Gasteiger partial charge is 0.344 e. The van der Waals surface area contributed by atoms with Gasteiger partial charge in [-0.25, -0.2) is 4.79 Å². The molecule has 0 aromatic heterocycles. The van der Waals surface area contributed by atoms with Crippen molar-refractivity contribution in [3.63, 3.8) is 0 Å². The van der Waals surface area contributed by atoms with Gasteiger partial charge in [-0.15, -0.1) is 0 Å². The van der Waals surface area contributed by atoms with E-state index in [0.29, 0.717) is 18.8 Å². The molecule has 0 bridgehead atoms. The van der Waals surface area contributed by atoms with E-state index in [1.807, 2.05) is 0 Å². The van der Waals surface area contributed by atoms with E-state index >= 15 is 0 Å². The number of phenols is 1. The monoisotopic (exact) mass is 295 g/mol. The van der Waals surface area contributed by atoms with E-state index in [9.17, 15) is 14.7 Å². The molecule has 0 unspecified atom stereocenters. The lowest BCUT2D eigenvalue weighted by atomic mass is 10.1. The highest BCUT2D eigenvalue weighted by molar-refractivity contribution is 6.04. The Morgan fingerprint density at radius 2 is 1.90 bits per heavy atom. The summed E-state index contributed by atoms with van der Waals surface area (Å²) in [6.07, 6.45) is 0. The first-order valence-electron chi connectivity index (χ1n) is 6.93. The van der Waals surface area contributed by atoms with E-state index in [-0.39, 0.29) is 30.4 Å². The molecule has 21 heavy (non-hydrogen) atoms. The standard InChI is InChI=1S/C15H21NO5/c1-4-16(13(18)10-20-5-2)11-8-7-9-12(17)14(11)15(19)21-6-3/h7-9,17H,4-6,10H2,1-3H3. The van der Waals surface area contributed by atoms with Gasteiger partial charge in [0.1, 0.15) is 17.9 Å².